The van der Waals surface area contributed by atoms with Gasteiger partial charge < -0.3 is 0 Å². The lowest BCUT2D eigenvalue weighted by Crippen LogP contribution is -2.02. The Morgan fingerprint density at radius 1 is 1.27 bits per heavy atom. The Bertz CT molecular complexity index is 518. The van der Waals surface area contributed by atoms with E-state index in [0.717, 1.165) is 11.4 Å². The fraction of sp³-hybridized carbons (Fsp3) is 0.200. The van der Waals surface area contributed by atoms with Gasteiger partial charge in [0.25, 0.3) is 0 Å². The van der Waals surface area contributed by atoms with E-state index in [1.807, 2.05) is 26.0 Å². The quantitative estimate of drug-likeness (QED) is 0.691. The van der Waals surface area contributed by atoms with Gasteiger partial charge in [0.2, 0.25) is 0 Å². The van der Waals surface area contributed by atoms with Crippen molar-refractivity contribution in [3.63, 3.8) is 0 Å². The molecule has 0 saturated carbocycles. The van der Waals surface area contributed by atoms with Crippen molar-refractivity contribution in [2.45, 2.75) is 13.8 Å². The molecule has 0 N–H and O–H groups in total. The van der Waals surface area contributed by atoms with Crippen LogP contribution in [0.4, 0.5) is 0 Å². The molecule has 2 aromatic rings. The van der Waals surface area contributed by atoms with Crippen LogP contribution in [-0.2, 0) is 0 Å². The van der Waals surface area contributed by atoms with Gasteiger partial charge in [-0.05, 0) is 19.9 Å². The number of nitriles is 1. The molecular weight excluding hydrogens is 190 g/mol. The van der Waals surface area contributed by atoms with Crippen molar-refractivity contribution in [2.75, 3.05) is 0 Å². The number of rotatable bonds is 1. The maximum atomic E-state index is 8.58. The number of aryl methyl sites for hydroxylation is 2. The molecule has 0 aliphatic heterocycles. The summed E-state index contributed by atoms with van der Waals surface area (Å²) in [6.07, 6.45) is 2.98. The van der Waals surface area contributed by atoms with Gasteiger partial charge in [0, 0.05) is 5.69 Å². The summed E-state index contributed by atoms with van der Waals surface area (Å²) in [5.41, 5.74) is 2.23. The van der Waals surface area contributed by atoms with Crippen molar-refractivity contribution in [1.82, 2.24) is 19.7 Å². The van der Waals surface area contributed by atoms with Crippen molar-refractivity contribution in [2.24, 2.45) is 0 Å². The summed E-state index contributed by atoms with van der Waals surface area (Å²) in [7, 11) is 0. The van der Waals surface area contributed by atoms with Gasteiger partial charge >= 0.3 is 0 Å². The molecule has 2 rings (SSSR count). The third-order valence-electron chi connectivity index (χ3n) is 1.98. The summed E-state index contributed by atoms with van der Waals surface area (Å²) >= 11 is 0. The van der Waals surface area contributed by atoms with E-state index in [2.05, 4.69) is 15.1 Å². The van der Waals surface area contributed by atoms with Crippen molar-refractivity contribution in [1.29, 1.82) is 5.26 Å². The Hall–Kier alpha value is -2.22. The van der Waals surface area contributed by atoms with Gasteiger partial charge in [-0.2, -0.15) is 10.4 Å². The van der Waals surface area contributed by atoms with E-state index >= 15 is 0 Å². The van der Waals surface area contributed by atoms with E-state index < -0.39 is 0 Å². The summed E-state index contributed by atoms with van der Waals surface area (Å²) in [6, 6.07) is 3.88. The van der Waals surface area contributed by atoms with Crippen LogP contribution in [0.15, 0.2) is 18.5 Å². The van der Waals surface area contributed by atoms with Crippen molar-refractivity contribution in [3.05, 3.63) is 35.5 Å². The summed E-state index contributed by atoms with van der Waals surface area (Å²) in [6.45, 7) is 3.86. The molecule has 0 aromatic carbocycles. The minimum absolute atomic E-state index is 0.306. The molecule has 0 spiro atoms. The molecule has 2 aromatic heterocycles. The average molecular weight is 199 g/mol. The molecule has 0 aliphatic rings. The molecule has 0 amide bonds. The second kappa shape index (κ2) is 3.50. The zero-order chi connectivity index (χ0) is 10.8. The highest BCUT2D eigenvalue weighted by Gasteiger charge is 2.04. The van der Waals surface area contributed by atoms with Crippen LogP contribution in [0.5, 0.6) is 0 Å². The first kappa shape index (κ1) is 9.34. The lowest BCUT2D eigenvalue weighted by atomic mass is 10.4. The fourth-order valence-electron chi connectivity index (χ4n) is 1.35. The first-order chi connectivity index (χ1) is 7.20. The molecule has 0 radical (unpaired) electrons. The highest BCUT2D eigenvalue weighted by Crippen LogP contribution is 2.08. The highest BCUT2D eigenvalue weighted by atomic mass is 15.3. The molecule has 0 saturated heterocycles. The SMILES string of the molecule is Cc1cc(C)n(-c2cnc(C#N)cn2)n1. The Balaban J connectivity index is 2.46. The number of aromatic nitrogens is 4. The van der Waals surface area contributed by atoms with Crippen LogP contribution in [0.1, 0.15) is 17.1 Å². The minimum atomic E-state index is 0.306. The van der Waals surface area contributed by atoms with Crippen molar-refractivity contribution >= 4 is 0 Å². The van der Waals surface area contributed by atoms with E-state index in [-0.39, 0.29) is 0 Å². The van der Waals surface area contributed by atoms with Crippen LogP contribution in [0.25, 0.3) is 5.82 Å². The number of nitrogens with zero attached hydrogens (tertiary/aromatic N) is 5. The molecule has 0 fully saturated rings. The molecule has 0 aliphatic carbocycles. The van der Waals surface area contributed by atoms with Gasteiger partial charge in [-0.1, -0.05) is 0 Å². The molecule has 2 heterocycles. The molecule has 0 unspecified atom stereocenters. The van der Waals surface area contributed by atoms with E-state index in [1.54, 1.807) is 4.68 Å². The second-order valence-corrected chi connectivity index (χ2v) is 3.21. The Kier molecular flexibility index (Phi) is 2.18. The van der Waals surface area contributed by atoms with Crippen LogP contribution in [-0.4, -0.2) is 19.7 Å². The average Bonchev–Trinajstić information content (AvgIpc) is 2.58. The van der Waals surface area contributed by atoms with Crippen LogP contribution in [0.3, 0.4) is 0 Å². The first-order valence-corrected chi connectivity index (χ1v) is 4.46. The number of hydrogen-bond donors (Lipinski definition) is 0. The second-order valence-electron chi connectivity index (χ2n) is 3.21. The summed E-state index contributed by atoms with van der Waals surface area (Å²) in [5, 5.41) is 12.9. The van der Waals surface area contributed by atoms with Gasteiger partial charge in [-0.15, -0.1) is 0 Å². The Labute approximate surface area is 87.0 Å². The van der Waals surface area contributed by atoms with Gasteiger partial charge in [-0.25, -0.2) is 14.6 Å². The van der Waals surface area contributed by atoms with Crippen LogP contribution < -0.4 is 0 Å². The van der Waals surface area contributed by atoms with Crippen LogP contribution in [0, 0.1) is 25.2 Å². The predicted molar refractivity (Wildman–Crippen MR) is 53.3 cm³/mol. The fourth-order valence-corrected chi connectivity index (χ4v) is 1.35. The Morgan fingerprint density at radius 2 is 2.07 bits per heavy atom. The zero-order valence-corrected chi connectivity index (χ0v) is 8.47. The Morgan fingerprint density at radius 3 is 2.53 bits per heavy atom. The largest absolute Gasteiger partial charge is 0.240 e. The minimum Gasteiger partial charge on any atom is -0.240 e. The predicted octanol–water partition coefficient (Wildman–Crippen LogP) is 1.15. The monoisotopic (exact) mass is 199 g/mol. The third-order valence-corrected chi connectivity index (χ3v) is 1.98. The molecule has 74 valence electrons. The molecule has 5 nitrogen and oxygen atoms in total. The van der Waals surface area contributed by atoms with E-state index in [9.17, 15) is 0 Å². The number of hydrogen-bond acceptors (Lipinski definition) is 4. The molecule has 15 heavy (non-hydrogen) atoms. The van der Waals surface area contributed by atoms with Crippen LogP contribution >= 0.6 is 0 Å². The van der Waals surface area contributed by atoms with Gasteiger partial charge in [0.1, 0.15) is 6.07 Å². The summed E-state index contributed by atoms with van der Waals surface area (Å²) in [4.78, 5) is 8.05. The normalized spacial score (nSPS) is 9.93. The van der Waals surface area contributed by atoms with E-state index in [1.165, 1.54) is 12.4 Å². The van der Waals surface area contributed by atoms with Crippen molar-refractivity contribution in [3.8, 4) is 11.9 Å². The van der Waals surface area contributed by atoms with E-state index in [0.29, 0.717) is 11.5 Å². The van der Waals surface area contributed by atoms with E-state index in [4.69, 9.17) is 5.26 Å². The first-order valence-electron chi connectivity index (χ1n) is 4.46. The lowest BCUT2D eigenvalue weighted by molar-refractivity contribution is 0.798. The summed E-state index contributed by atoms with van der Waals surface area (Å²) in [5.74, 6) is 0.625. The standard InChI is InChI=1S/C10H9N5/c1-7-3-8(2)15(14-7)10-6-12-9(4-11)5-13-10/h3,5-6H,1-2H3. The zero-order valence-electron chi connectivity index (χ0n) is 8.47. The molecule has 5 heteroatoms. The van der Waals surface area contributed by atoms with Crippen molar-refractivity contribution < 1.29 is 0 Å². The van der Waals surface area contributed by atoms with Gasteiger partial charge in [0.15, 0.2) is 11.5 Å². The maximum absolute atomic E-state index is 8.58. The topological polar surface area (TPSA) is 67.4 Å². The van der Waals surface area contributed by atoms with Gasteiger partial charge in [0.05, 0.1) is 18.1 Å². The summed E-state index contributed by atoms with van der Waals surface area (Å²) < 4.78 is 1.70. The lowest BCUT2D eigenvalue weighted by Gasteiger charge is -2.01. The maximum Gasteiger partial charge on any atom is 0.172 e. The molecule has 0 bridgehead atoms. The highest BCUT2D eigenvalue weighted by molar-refractivity contribution is 5.26. The van der Waals surface area contributed by atoms with Gasteiger partial charge in [-0.3, -0.25) is 0 Å². The smallest absolute Gasteiger partial charge is 0.172 e. The molecule has 0 atom stereocenters. The third kappa shape index (κ3) is 1.70. The molecular formula is C10H9N5. The van der Waals surface area contributed by atoms with Crippen LogP contribution in [0.2, 0.25) is 0 Å².